The number of nitrogens with zero attached hydrogens (tertiary/aromatic N) is 1. The van der Waals surface area contributed by atoms with Crippen molar-refractivity contribution >= 4 is 11.4 Å². The normalized spacial score (nSPS) is 17.7. The first-order valence-electron chi connectivity index (χ1n) is 11.2. The van der Waals surface area contributed by atoms with Crippen molar-refractivity contribution in [2.75, 3.05) is 36.4 Å². The van der Waals surface area contributed by atoms with Crippen molar-refractivity contribution in [3.63, 3.8) is 0 Å². The van der Waals surface area contributed by atoms with Crippen LogP contribution in [0.15, 0.2) is 36.4 Å². The van der Waals surface area contributed by atoms with Gasteiger partial charge < -0.3 is 15.5 Å². The summed E-state index contributed by atoms with van der Waals surface area (Å²) in [5, 5.41) is 6.82. The highest BCUT2D eigenvalue weighted by Gasteiger charge is 2.38. The third-order valence-electron chi connectivity index (χ3n) is 6.45. The first-order valence-corrected chi connectivity index (χ1v) is 11.2. The van der Waals surface area contributed by atoms with Crippen molar-refractivity contribution in [1.29, 1.82) is 0 Å². The standard InChI is InChI=1S/C24H27F6N3/c25-23(26,27)19-4-3-18(21(13-19)24(28,29)30)15-33-11-1-2-17-12-20(5-6-22(17)33)32-14-16-7-9-31-10-8-16/h3-6,12-13,16,31-32H,1-2,7-11,14-15H2. The van der Waals surface area contributed by atoms with Crippen LogP contribution in [0, 0.1) is 5.92 Å². The molecule has 2 heterocycles. The summed E-state index contributed by atoms with van der Waals surface area (Å²) in [4.78, 5) is 1.83. The number of fused-ring (bicyclic) bond motifs is 1. The zero-order chi connectivity index (χ0) is 23.6. The van der Waals surface area contributed by atoms with Gasteiger partial charge in [-0.05, 0) is 86.1 Å². The molecule has 0 aliphatic carbocycles. The molecule has 0 radical (unpaired) electrons. The van der Waals surface area contributed by atoms with Crippen molar-refractivity contribution in [3.05, 3.63) is 58.7 Å². The van der Waals surface area contributed by atoms with Gasteiger partial charge in [-0.25, -0.2) is 0 Å². The van der Waals surface area contributed by atoms with Gasteiger partial charge in [-0.15, -0.1) is 0 Å². The number of anilines is 2. The van der Waals surface area contributed by atoms with E-state index in [0.29, 0.717) is 12.5 Å². The molecule has 4 rings (SSSR count). The van der Waals surface area contributed by atoms with Gasteiger partial charge in [-0.2, -0.15) is 26.3 Å². The van der Waals surface area contributed by atoms with Gasteiger partial charge in [-0.1, -0.05) is 6.07 Å². The zero-order valence-electron chi connectivity index (χ0n) is 18.1. The third-order valence-corrected chi connectivity index (χ3v) is 6.45. The van der Waals surface area contributed by atoms with Gasteiger partial charge in [0.1, 0.15) is 0 Å². The number of hydrogen-bond acceptors (Lipinski definition) is 3. The molecule has 2 N–H and O–H groups in total. The van der Waals surface area contributed by atoms with Gasteiger partial charge in [0.2, 0.25) is 0 Å². The molecule has 0 spiro atoms. The Hall–Kier alpha value is -2.42. The third kappa shape index (κ3) is 5.75. The van der Waals surface area contributed by atoms with Crippen LogP contribution < -0.4 is 15.5 Å². The summed E-state index contributed by atoms with van der Waals surface area (Å²) in [5.74, 6) is 0.610. The molecule has 0 unspecified atom stereocenters. The molecule has 33 heavy (non-hydrogen) atoms. The number of halogens is 6. The Labute approximate surface area is 189 Å². The monoisotopic (exact) mass is 471 g/mol. The second kappa shape index (κ2) is 9.44. The van der Waals surface area contributed by atoms with Crippen LogP contribution in [0.4, 0.5) is 37.7 Å². The molecule has 9 heteroatoms. The molecule has 2 aliphatic heterocycles. The van der Waals surface area contributed by atoms with Gasteiger partial charge >= 0.3 is 12.4 Å². The van der Waals surface area contributed by atoms with E-state index in [0.717, 1.165) is 74.4 Å². The van der Waals surface area contributed by atoms with Crippen LogP contribution in [0.3, 0.4) is 0 Å². The van der Waals surface area contributed by atoms with E-state index in [4.69, 9.17) is 0 Å². The molecule has 2 aromatic carbocycles. The first-order chi connectivity index (χ1) is 15.6. The Morgan fingerprint density at radius 1 is 0.939 bits per heavy atom. The molecule has 1 saturated heterocycles. The summed E-state index contributed by atoms with van der Waals surface area (Å²) < 4.78 is 79.6. The minimum absolute atomic E-state index is 0.0954. The maximum atomic E-state index is 13.6. The van der Waals surface area contributed by atoms with E-state index in [1.54, 1.807) is 0 Å². The first kappa shape index (κ1) is 23.7. The Morgan fingerprint density at radius 2 is 1.70 bits per heavy atom. The van der Waals surface area contributed by atoms with E-state index >= 15 is 0 Å². The Balaban J connectivity index is 1.52. The lowest BCUT2D eigenvalue weighted by atomic mass is 9.97. The number of aryl methyl sites for hydroxylation is 1. The topological polar surface area (TPSA) is 27.3 Å². The smallest absolute Gasteiger partial charge is 0.385 e. The number of alkyl halides is 6. The average Bonchev–Trinajstić information content (AvgIpc) is 2.77. The second-order valence-corrected chi connectivity index (χ2v) is 8.81. The molecule has 0 amide bonds. The summed E-state index contributed by atoms with van der Waals surface area (Å²) in [6.45, 7) is 3.38. The van der Waals surface area contributed by atoms with Gasteiger partial charge in [0.25, 0.3) is 0 Å². The molecule has 180 valence electrons. The largest absolute Gasteiger partial charge is 0.416 e. The van der Waals surface area contributed by atoms with E-state index in [-0.39, 0.29) is 18.2 Å². The van der Waals surface area contributed by atoms with Crippen molar-refractivity contribution in [1.82, 2.24) is 5.32 Å². The number of nitrogens with one attached hydrogen (secondary N) is 2. The summed E-state index contributed by atoms with van der Waals surface area (Å²) >= 11 is 0. The molecule has 2 aliphatic rings. The summed E-state index contributed by atoms with van der Waals surface area (Å²) in [7, 11) is 0. The highest BCUT2D eigenvalue weighted by Crippen LogP contribution is 2.39. The Kier molecular flexibility index (Phi) is 6.79. The van der Waals surface area contributed by atoms with Crippen LogP contribution in [-0.4, -0.2) is 26.2 Å². The van der Waals surface area contributed by atoms with Crippen LogP contribution in [0.1, 0.15) is 41.5 Å². The van der Waals surface area contributed by atoms with Crippen LogP contribution in [0.5, 0.6) is 0 Å². The van der Waals surface area contributed by atoms with Crippen LogP contribution in [-0.2, 0) is 25.3 Å². The van der Waals surface area contributed by atoms with Crippen molar-refractivity contribution in [3.8, 4) is 0 Å². The highest BCUT2D eigenvalue weighted by molar-refractivity contribution is 5.62. The molecule has 0 atom stereocenters. The number of hydrogen-bond donors (Lipinski definition) is 2. The van der Waals surface area contributed by atoms with E-state index < -0.39 is 23.5 Å². The lowest BCUT2D eigenvalue weighted by Gasteiger charge is -2.33. The maximum absolute atomic E-state index is 13.6. The second-order valence-electron chi connectivity index (χ2n) is 8.81. The van der Waals surface area contributed by atoms with Crippen molar-refractivity contribution in [2.45, 2.75) is 44.6 Å². The van der Waals surface area contributed by atoms with E-state index in [2.05, 4.69) is 10.6 Å². The Bertz CT molecular complexity index is 964. The fourth-order valence-corrected chi connectivity index (χ4v) is 4.66. The predicted octanol–water partition coefficient (Wildman–Crippen LogP) is 6.09. The minimum Gasteiger partial charge on any atom is -0.385 e. The van der Waals surface area contributed by atoms with Gasteiger partial charge in [0, 0.05) is 31.0 Å². The average molecular weight is 471 g/mol. The fourth-order valence-electron chi connectivity index (χ4n) is 4.66. The fraction of sp³-hybridized carbons (Fsp3) is 0.500. The van der Waals surface area contributed by atoms with Gasteiger partial charge in [-0.3, -0.25) is 0 Å². The molecule has 3 nitrogen and oxygen atoms in total. The van der Waals surface area contributed by atoms with Gasteiger partial charge in [0.15, 0.2) is 0 Å². The molecule has 1 fully saturated rings. The maximum Gasteiger partial charge on any atom is 0.416 e. The molecular formula is C24H27F6N3. The lowest BCUT2D eigenvalue weighted by Crippen LogP contribution is -2.31. The highest BCUT2D eigenvalue weighted by atomic mass is 19.4. The number of rotatable bonds is 5. The van der Waals surface area contributed by atoms with Crippen molar-refractivity contribution < 1.29 is 26.3 Å². The predicted molar refractivity (Wildman–Crippen MR) is 116 cm³/mol. The zero-order valence-corrected chi connectivity index (χ0v) is 18.1. The molecular weight excluding hydrogens is 444 g/mol. The Morgan fingerprint density at radius 3 is 2.39 bits per heavy atom. The molecule has 2 aromatic rings. The molecule has 0 aromatic heterocycles. The van der Waals surface area contributed by atoms with Crippen LogP contribution in [0.2, 0.25) is 0 Å². The number of benzene rings is 2. The summed E-state index contributed by atoms with van der Waals surface area (Å²) in [6, 6.07) is 7.76. The van der Waals surface area contributed by atoms with E-state index in [1.165, 1.54) is 0 Å². The van der Waals surface area contributed by atoms with Crippen LogP contribution in [0.25, 0.3) is 0 Å². The summed E-state index contributed by atoms with van der Waals surface area (Å²) in [6.07, 6.45) is -5.85. The van der Waals surface area contributed by atoms with Gasteiger partial charge in [0.05, 0.1) is 11.1 Å². The molecule has 0 saturated carbocycles. The lowest BCUT2D eigenvalue weighted by molar-refractivity contribution is -0.143. The van der Waals surface area contributed by atoms with E-state index in [9.17, 15) is 26.3 Å². The quantitative estimate of drug-likeness (QED) is 0.517. The number of piperidine rings is 1. The summed E-state index contributed by atoms with van der Waals surface area (Å²) in [5.41, 5.74) is 0.182. The van der Waals surface area contributed by atoms with E-state index in [1.807, 2.05) is 23.1 Å². The van der Waals surface area contributed by atoms with Crippen molar-refractivity contribution in [2.24, 2.45) is 5.92 Å². The minimum atomic E-state index is -4.86. The SMILES string of the molecule is FC(F)(F)c1ccc(CN2CCCc3cc(NCC4CCNCC4)ccc32)c(C(F)(F)F)c1. The molecule has 0 bridgehead atoms. The van der Waals surface area contributed by atoms with Crippen LogP contribution >= 0.6 is 0 Å².